The van der Waals surface area contributed by atoms with Crippen LogP contribution in [0, 0.1) is 13.8 Å². The van der Waals surface area contributed by atoms with Crippen molar-refractivity contribution in [2.24, 2.45) is 5.73 Å². The van der Waals surface area contributed by atoms with E-state index in [0.717, 1.165) is 42.5 Å². The number of amides is 2. The van der Waals surface area contributed by atoms with Crippen molar-refractivity contribution >= 4 is 29.2 Å². The van der Waals surface area contributed by atoms with E-state index < -0.39 is 17.6 Å². The van der Waals surface area contributed by atoms with E-state index in [0.29, 0.717) is 11.5 Å². The van der Waals surface area contributed by atoms with E-state index in [1.54, 1.807) is 6.07 Å². The lowest BCUT2D eigenvalue weighted by molar-refractivity contribution is 0.0488. The molecule has 33 heavy (non-hydrogen) atoms. The summed E-state index contributed by atoms with van der Waals surface area (Å²) in [5.74, 6) is -0.169. The fourth-order valence-corrected chi connectivity index (χ4v) is 4.07. The largest absolute Gasteiger partial charge is 0.444 e. The number of carbonyl (C=O) groups is 2. The summed E-state index contributed by atoms with van der Waals surface area (Å²) in [6, 6.07) is 7.60. The molecular formula is C24H34N6O3. The number of nitrogens with one attached hydrogen (secondary N) is 3. The van der Waals surface area contributed by atoms with Gasteiger partial charge in [0.25, 0.3) is 5.91 Å². The van der Waals surface area contributed by atoms with Crippen molar-refractivity contribution in [3.05, 3.63) is 41.1 Å². The molecule has 1 aromatic heterocycles. The Morgan fingerprint density at radius 2 is 1.64 bits per heavy atom. The zero-order valence-corrected chi connectivity index (χ0v) is 20.0. The van der Waals surface area contributed by atoms with Crippen molar-refractivity contribution in [2.75, 3.05) is 10.6 Å². The Morgan fingerprint density at radius 1 is 1.00 bits per heavy atom. The predicted molar refractivity (Wildman–Crippen MR) is 129 cm³/mol. The van der Waals surface area contributed by atoms with Gasteiger partial charge in [0.2, 0.25) is 0 Å². The quantitative estimate of drug-likeness (QED) is 0.515. The van der Waals surface area contributed by atoms with E-state index in [9.17, 15) is 9.59 Å². The van der Waals surface area contributed by atoms with Crippen LogP contribution in [0.3, 0.4) is 0 Å². The first-order valence-corrected chi connectivity index (χ1v) is 11.3. The maximum Gasteiger partial charge on any atom is 0.407 e. The van der Waals surface area contributed by atoms with Gasteiger partial charge >= 0.3 is 6.09 Å². The molecule has 2 amide bonds. The first-order valence-electron chi connectivity index (χ1n) is 11.3. The third kappa shape index (κ3) is 7.06. The highest BCUT2D eigenvalue weighted by Crippen LogP contribution is 2.26. The number of aromatic nitrogens is 2. The molecule has 2 atom stereocenters. The summed E-state index contributed by atoms with van der Waals surface area (Å²) in [5, 5.41) is 17.8. The van der Waals surface area contributed by atoms with Crippen molar-refractivity contribution in [3.8, 4) is 0 Å². The molecule has 0 saturated heterocycles. The number of anilines is 3. The minimum absolute atomic E-state index is 0.0472. The second kappa shape index (κ2) is 10.1. The summed E-state index contributed by atoms with van der Waals surface area (Å²) in [6.07, 6.45) is 3.31. The van der Waals surface area contributed by atoms with Crippen LogP contribution in [-0.4, -0.2) is 39.9 Å². The highest BCUT2D eigenvalue weighted by Gasteiger charge is 2.29. The molecule has 5 N–H and O–H groups in total. The number of benzene rings is 1. The smallest absolute Gasteiger partial charge is 0.407 e. The normalized spacial score (nSPS) is 18.3. The Hall–Kier alpha value is -3.36. The third-order valence-corrected chi connectivity index (χ3v) is 5.33. The molecule has 178 valence electrons. The number of aryl methyl sites for hydroxylation is 2. The van der Waals surface area contributed by atoms with Crippen LogP contribution in [0.2, 0.25) is 0 Å². The number of rotatable bonds is 6. The van der Waals surface area contributed by atoms with E-state index in [-0.39, 0.29) is 17.8 Å². The third-order valence-electron chi connectivity index (χ3n) is 5.33. The van der Waals surface area contributed by atoms with Gasteiger partial charge in [-0.2, -0.15) is 0 Å². The van der Waals surface area contributed by atoms with Crippen LogP contribution in [0.4, 0.5) is 22.0 Å². The maximum absolute atomic E-state index is 12.3. The molecule has 1 aliphatic rings. The second-order valence-electron chi connectivity index (χ2n) is 9.65. The first-order chi connectivity index (χ1) is 15.5. The van der Waals surface area contributed by atoms with Crippen molar-refractivity contribution in [2.45, 2.75) is 78.0 Å². The minimum atomic E-state index is -0.664. The molecule has 0 aliphatic heterocycles. The summed E-state index contributed by atoms with van der Waals surface area (Å²) in [7, 11) is 0. The summed E-state index contributed by atoms with van der Waals surface area (Å²) < 4.78 is 5.42. The fourth-order valence-electron chi connectivity index (χ4n) is 4.07. The number of hydrogen-bond donors (Lipinski definition) is 4. The van der Waals surface area contributed by atoms with Crippen molar-refractivity contribution < 1.29 is 14.3 Å². The van der Waals surface area contributed by atoms with E-state index >= 15 is 0 Å². The van der Waals surface area contributed by atoms with Gasteiger partial charge in [0, 0.05) is 17.8 Å². The van der Waals surface area contributed by atoms with Gasteiger partial charge in [0.05, 0.1) is 11.7 Å². The topological polar surface area (TPSA) is 131 Å². The van der Waals surface area contributed by atoms with E-state index in [4.69, 9.17) is 10.5 Å². The van der Waals surface area contributed by atoms with Gasteiger partial charge in [-0.3, -0.25) is 4.79 Å². The number of carbonyl (C=O) groups excluding carboxylic acids is 2. The number of alkyl carbamates (subject to hydrolysis) is 1. The summed E-state index contributed by atoms with van der Waals surface area (Å²) in [6.45, 7) is 9.52. The molecule has 0 unspecified atom stereocenters. The molecule has 0 spiro atoms. The molecule has 1 saturated carbocycles. The van der Waals surface area contributed by atoms with Crippen LogP contribution < -0.4 is 21.7 Å². The van der Waals surface area contributed by atoms with Crippen molar-refractivity contribution in [1.29, 1.82) is 0 Å². The molecule has 1 aliphatic carbocycles. The number of ether oxygens (including phenoxy) is 1. The Morgan fingerprint density at radius 3 is 2.24 bits per heavy atom. The van der Waals surface area contributed by atoms with Gasteiger partial charge < -0.3 is 26.4 Å². The average molecular weight is 455 g/mol. The van der Waals surface area contributed by atoms with E-state index in [1.807, 2.05) is 46.8 Å². The van der Waals surface area contributed by atoms with Gasteiger partial charge in [-0.1, -0.05) is 18.9 Å². The number of nitrogens with two attached hydrogens (primary N) is 1. The summed E-state index contributed by atoms with van der Waals surface area (Å²) >= 11 is 0. The molecule has 1 aromatic carbocycles. The van der Waals surface area contributed by atoms with Crippen LogP contribution >= 0.6 is 0 Å². The SMILES string of the molecule is Cc1cc(C)cc(Nc2cc(N[C@@H]3CCCC[C@@H]3NC(=O)OC(C)(C)C)nnc2C(N)=O)c1. The lowest BCUT2D eigenvalue weighted by Crippen LogP contribution is -2.49. The highest BCUT2D eigenvalue weighted by molar-refractivity contribution is 5.97. The molecule has 1 fully saturated rings. The zero-order valence-electron chi connectivity index (χ0n) is 20.0. The molecule has 9 nitrogen and oxygen atoms in total. The summed E-state index contributed by atoms with van der Waals surface area (Å²) in [5.41, 5.74) is 8.51. The first kappa shape index (κ1) is 24.3. The monoisotopic (exact) mass is 454 g/mol. The van der Waals surface area contributed by atoms with Gasteiger partial charge in [-0.15, -0.1) is 10.2 Å². The van der Waals surface area contributed by atoms with Gasteiger partial charge in [-0.25, -0.2) is 4.79 Å². The Kier molecular flexibility index (Phi) is 7.40. The van der Waals surface area contributed by atoms with Crippen molar-refractivity contribution in [1.82, 2.24) is 15.5 Å². The maximum atomic E-state index is 12.3. The molecule has 0 bridgehead atoms. The number of hydrogen-bond acceptors (Lipinski definition) is 7. The second-order valence-corrected chi connectivity index (χ2v) is 9.65. The van der Waals surface area contributed by atoms with E-state index in [2.05, 4.69) is 32.2 Å². The van der Waals surface area contributed by atoms with Gasteiger partial charge in [-0.05, 0) is 70.7 Å². The van der Waals surface area contributed by atoms with Gasteiger partial charge in [0.15, 0.2) is 11.5 Å². The molecule has 1 heterocycles. The highest BCUT2D eigenvalue weighted by atomic mass is 16.6. The summed E-state index contributed by atoms with van der Waals surface area (Å²) in [4.78, 5) is 24.2. The van der Waals surface area contributed by atoms with Crippen LogP contribution in [0.5, 0.6) is 0 Å². The molecule has 3 rings (SSSR count). The Labute approximate surface area is 194 Å². The van der Waals surface area contributed by atoms with Crippen LogP contribution in [0.15, 0.2) is 24.3 Å². The lowest BCUT2D eigenvalue weighted by atomic mass is 9.90. The molecular weight excluding hydrogens is 420 g/mol. The minimum Gasteiger partial charge on any atom is -0.444 e. The zero-order chi connectivity index (χ0) is 24.2. The standard InChI is InChI=1S/C24H34N6O3/c1-14-10-15(2)12-16(11-14)26-19-13-20(29-30-21(19)22(25)31)27-17-8-6-7-9-18(17)28-23(32)33-24(3,4)5/h10-13,17-18H,6-9H2,1-5H3,(H2,25,31)(H,28,32)(H2,26,27,29)/t17-,18+/m1/s1. The van der Waals surface area contributed by atoms with Crippen molar-refractivity contribution in [3.63, 3.8) is 0 Å². The van der Waals surface area contributed by atoms with Gasteiger partial charge in [0.1, 0.15) is 5.60 Å². The molecule has 0 radical (unpaired) electrons. The van der Waals surface area contributed by atoms with E-state index in [1.165, 1.54) is 0 Å². The molecule has 9 heteroatoms. The lowest BCUT2D eigenvalue weighted by Gasteiger charge is -2.33. The Bertz CT molecular complexity index is 997. The van der Waals surface area contributed by atoms with Crippen LogP contribution in [0.1, 0.15) is 68.1 Å². The Balaban J connectivity index is 1.79. The molecule has 2 aromatic rings. The fraction of sp³-hybridized carbons (Fsp3) is 0.500. The average Bonchev–Trinajstić information content (AvgIpc) is 2.67. The van der Waals surface area contributed by atoms with Crippen LogP contribution in [0.25, 0.3) is 0 Å². The number of nitrogens with zero attached hydrogens (tertiary/aromatic N) is 2. The predicted octanol–water partition coefficient (Wildman–Crippen LogP) is 4.18. The van der Waals surface area contributed by atoms with Crippen LogP contribution in [-0.2, 0) is 4.74 Å². The number of primary amides is 1.